The van der Waals surface area contributed by atoms with E-state index in [1.807, 2.05) is 6.92 Å². The van der Waals surface area contributed by atoms with Gasteiger partial charge in [0, 0.05) is 38.5 Å². The predicted octanol–water partition coefficient (Wildman–Crippen LogP) is 2.62. The smallest absolute Gasteiger partial charge is 0.306 e. The van der Waals surface area contributed by atoms with Crippen LogP contribution in [0.15, 0.2) is 0 Å². The zero-order chi connectivity index (χ0) is 18.2. The average molecular weight is 352 g/mol. The zero-order valence-electron chi connectivity index (χ0n) is 15.0. The monoisotopic (exact) mass is 352 g/mol. The highest BCUT2D eigenvalue weighted by atomic mass is 16.5. The van der Waals surface area contributed by atoms with E-state index in [4.69, 9.17) is 9.47 Å². The van der Waals surface area contributed by atoms with Gasteiger partial charge in [-0.25, -0.2) is 0 Å². The number of carbonyl (C=O) groups is 4. The van der Waals surface area contributed by atoms with E-state index in [9.17, 15) is 19.2 Å². The Morgan fingerprint density at radius 3 is 1.96 bits per heavy atom. The van der Waals surface area contributed by atoms with Crippen LogP contribution in [0.4, 0.5) is 0 Å². The molecule has 25 heavy (non-hydrogen) atoms. The second-order valence-corrected chi connectivity index (χ2v) is 7.10. The zero-order valence-corrected chi connectivity index (χ0v) is 15.0. The summed E-state index contributed by atoms with van der Waals surface area (Å²) in [5, 5.41) is 0. The third-order valence-corrected chi connectivity index (χ3v) is 5.34. The van der Waals surface area contributed by atoms with Gasteiger partial charge in [0.25, 0.3) is 0 Å². The van der Waals surface area contributed by atoms with E-state index in [2.05, 4.69) is 0 Å². The molecule has 140 valence electrons. The quantitative estimate of drug-likeness (QED) is 0.593. The van der Waals surface area contributed by atoms with Crippen LogP contribution in [-0.2, 0) is 28.7 Å². The fourth-order valence-corrected chi connectivity index (χ4v) is 3.87. The number of hydrogen-bond acceptors (Lipinski definition) is 6. The van der Waals surface area contributed by atoms with Crippen LogP contribution in [0, 0.1) is 17.8 Å². The van der Waals surface area contributed by atoms with Gasteiger partial charge in [0.2, 0.25) is 0 Å². The molecule has 2 saturated heterocycles. The Balaban J connectivity index is 1.95. The standard InChI is InChI=1S/C19H28O6/c1-2-15(20)4-3-5-16(21)12-17(13-6-8-24-18(22)10-13)14-7-9-25-19(23)11-14/h13-14,17H,2-12H2,1H3. The maximum Gasteiger partial charge on any atom is 0.306 e. The first-order valence-corrected chi connectivity index (χ1v) is 9.34. The lowest BCUT2D eigenvalue weighted by Crippen LogP contribution is -2.36. The molecule has 2 fully saturated rings. The van der Waals surface area contributed by atoms with Crippen molar-refractivity contribution in [2.24, 2.45) is 17.8 Å². The summed E-state index contributed by atoms with van der Waals surface area (Å²) in [6, 6.07) is 0. The van der Waals surface area contributed by atoms with Gasteiger partial charge in [-0.15, -0.1) is 0 Å². The lowest BCUT2D eigenvalue weighted by molar-refractivity contribution is -0.154. The molecule has 2 aliphatic rings. The van der Waals surface area contributed by atoms with Gasteiger partial charge >= 0.3 is 11.9 Å². The Kier molecular flexibility index (Phi) is 7.59. The molecule has 2 aliphatic heterocycles. The van der Waals surface area contributed by atoms with Crippen LogP contribution in [0.3, 0.4) is 0 Å². The summed E-state index contributed by atoms with van der Waals surface area (Å²) < 4.78 is 10.0. The largest absolute Gasteiger partial charge is 0.466 e. The van der Waals surface area contributed by atoms with Crippen molar-refractivity contribution in [1.29, 1.82) is 0 Å². The third kappa shape index (κ3) is 6.25. The van der Waals surface area contributed by atoms with Crippen molar-refractivity contribution in [3.8, 4) is 0 Å². The van der Waals surface area contributed by atoms with Gasteiger partial charge in [0.05, 0.1) is 13.2 Å². The van der Waals surface area contributed by atoms with Crippen molar-refractivity contribution in [3.63, 3.8) is 0 Å². The van der Waals surface area contributed by atoms with Gasteiger partial charge < -0.3 is 9.47 Å². The topological polar surface area (TPSA) is 86.7 Å². The molecule has 0 N–H and O–H groups in total. The molecule has 0 radical (unpaired) electrons. The first-order valence-electron chi connectivity index (χ1n) is 9.34. The lowest BCUT2D eigenvalue weighted by atomic mass is 9.72. The number of hydrogen-bond donors (Lipinski definition) is 0. The fourth-order valence-electron chi connectivity index (χ4n) is 3.87. The highest BCUT2D eigenvalue weighted by Gasteiger charge is 2.37. The summed E-state index contributed by atoms with van der Waals surface area (Å²) in [4.78, 5) is 47.1. The van der Waals surface area contributed by atoms with Crippen molar-refractivity contribution in [1.82, 2.24) is 0 Å². The molecule has 0 saturated carbocycles. The van der Waals surface area contributed by atoms with Gasteiger partial charge in [0.1, 0.15) is 11.6 Å². The van der Waals surface area contributed by atoms with Crippen LogP contribution < -0.4 is 0 Å². The summed E-state index contributed by atoms with van der Waals surface area (Å²) in [6.07, 6.45) is 4.40. The van der Waals surface area contributed by atoms with E-state index < -0.39 is 0 Å². The summed E-state index contributed by atoms with van der Waals surface area (Å²) in [5.74, 6) is 0.0225. The number of carbonyl (C=O) groups excluding carboxylic acids is 4. The maximum atomic E-state index is 12.4. The second kappa shape index (κ2) is 9.68. The molecule has 6 nitrogen and oxygen atoms in total. The second-order valence-electron chi connectivity index (χ2n) is 7.10. The molecule has 2 atom stereocenters. The molecule has 0 spiro atoms. The number of ether oxygens (including phenoxy) is 2. The number of ketones is 2. The highest BCUT2D eigenvalue weighted by Crippen LogP contribution is 2.38. The molecule has 0 bridgehead atoms. The molecule has 0 aromatic carbocycles. The number of rotatable bonds is 9. The summed E-state index contributed by atoms with van der Waals surface area (Å²) in [6.45, 7) is 2.59. The van der Waals surface area contributed by atoms with Crippen LogP contribution in [0.5, 0.6) is 0 Å². The van der Waals surface area contributed by atoms with Gasteiger partial charge in [-0.1, -0.05) is 6.92 Å². The molecule has 6 heteroatoms. The number of esters is 2. The minimum atomic E-state index is -0.222. The molecule has 2 rings (SSSR count). The highest BCUT2D eigenvalue weighted by molar-refractivity contribution is 5.81. The minimum Gasteiger partial charge on any atom is -0.466 e. The molecule has 2 unspecified atom stereocenters. The maximum absolute atomic E-state index is 12.4. The van der Waals surface area contributed by atoms with E-state index in [1.54, 1.807) is 0 Å². The van der Waals surface area contributed by atoms with Crippen LogP contribution in [-0.4, -0.2) is 36.7 Å². The minimum absolute atomic E-state index is 0.00933. The molecular formula is C19H28O6. The van der Waals surface area contributed by atoms with Gasteiger partial charge in [-0.05, 0) is 37.0 Å². The molecular weight excluding hydrogens is 324 g/mol. The van der Waals surface area contributed by atoms with Crippen LogP contribution in [0.1, 0.15) is 64.7 Å². The molecule has 0 amide bonds. The number of cyclic esters (lactones) is 2. The van der Waals surface area contributed by atoms with E-state index in [0.717, 1.165) is 12.8 Å². The van der Waals surface area contributed by atoms with Gasteiger partial charge in [-0.3, -0.25) is 19.2 Å². The predicted molar refractivity (Wildman–Crippen MR) is 89.6 cm³/mol. The number of Topliss-reactive ketones (excluding diaryl/α,β-unsaturated/α-hetero) is 2. The van der Waals surface area contributed by atoms with Crippen LogP contribution >= 0.6 is 0 Å². The van der Waals surface area contributed by atoms with Crippen molar-refractivity contribution in [2.75, 3.05) is 13.2 Å². The Bertz CT molecular complexity index is 484. The Morgan fingerprint density at radius 2 is 1.48 bits per heavy atom. The van der Waals surface area contributed by atoms with Crippen molar-refractivity contribution < 1.29 is 28.7 Å². The summed E-state index contributed by atoms with van der Waals surface area (Å²) in [7, 11) is 0. The molecule has 0 aromatic heterocycles. The normalized spacial score (nSPS) is 25.0. The molecule has 2 heterocycles. The first-order chi connectivity index (χ1) is 12.0. The lowest BCUT2D eigenvalue weighted by Gasteiger charge is -2.36. The van der Waals surface area contributed by atoms with Crippen LogP contribution in [0.2, 0.25) is 0 Å². The van der Waals surface area contributed by atoms with E-state index in [1.165, 1.54) is 0 Å². The van der Waals surface area contributed by atoms with Crippen molar-refractivity contribution in [3.05, 3.63) is 0 Å². The summed E-state index contributed by atoms with van der Waals surface area (Å²) in [5.41, 5.74) is 0. The van der Waals surface area contributed by atoms with Crippen molar-refractivity contribution in [2.45, 2.75) is 64.7 Å². The van der Waals surface area contributed by atoms with E-state index in [0.29, 0.717) is 58.2 Å². The third-order valence-electron chi connectivity index (χ3n) is 5.34. The van der Waals surface area contributed by atoms with Gasteiger partial charge in [-0.2, -0.15) is 0 Å². The van der Waals surface area contributed by atoms with E-state index >= 15 is 0 Å². The molecule has 0 aromatic rings. The molecule has 0 aliphatic carbocycles. The SMILES string of the molecule is CCC(=O)CCCC(=O)CC(C1CCOC(=O)C1)C1CCOC(=O)C1. The first kappa shape index (κ1) is 19.6. The summed E-state index contributed by atoms with van der Waals surface area (Å²) >= 11 is 0. The fraction of sp³-hybridized carbons (Fsp3) is 0.789. The van der Waals surface area contributed by atoms with Gasteiger partial charge in [0.15, 0.2) is 0 Å². The average Bonchev–Trinajstić information content (AvgIpc) is 2.59. The van der Waals surface area contributed by atoms with Crippen LogP contribution in [0.25, 0.3) is 0 Å². The Hall–Kier alpha value is -1.72. The Morgan fingerprint density at radius 1 is 0.960 bits per heavy atom. The van der Waals surface area contributed by atoms with E-state index in [-0.39, 0.29) is 41.3 Å². The Labute approximate surface area is 148 Å². The van der Waals surface area contributed by atoms with Crippen molar-refractivity contribution >= 4 is 23.5 Å².